The maximum atomic E-state index is 10.8. The lowest BCUT2D eigenvalue weighted by Crippen LogP contribution is -2.25. The van der Waals surface area contributed by atoms with Crippen molar-refractivity contribution in [3.05, 3.63) is 28.8 Å². The highest BCUT2D eigenvalue weighted by molar-refractivity contribution is 5.81. The fourth-order valence-corrected chi connectivity index (χ4v) is 3.68. The van der Waals surface area contributed by atoms with Crippen LogP contribution in [0.5, 0.6) is 5.75 Å². The van der Waals surface area contributed by atoms with Gasteiger partial charge >= 0.3 is 0 Å². The van der Waals surface area contributed by atoms with Gasteiger partial charge in [-0.3, -0.25) is 0 Å². The number of hydrogen-bond donors (Lipinski definition) is 2. The first-order valence-corrected chi connectivity index (χ1v) is 10.3. The van der Waals surface area contributed by atoms with Gasteiger partial charge in [0, 0.05) is 17.2 Å². The molecular weight excluding hydrogens is 320 g/mol. The first-order chi connectivity index (χ1) is 12.1. The average Bonchev–Trinajstić information content (AvgIpc) is 2.48. The molecule has 0 saturated heterocycles. The Labute approximate surface area is 160 Å². The van der Waals surface area contributed by atoms with Crippen molar-refractivity contribution in [3.63, 3.8) is 0 Å². The highest BCUT2D eigenvalue weighted by Crippen LogP contribution is 2.39. The quantitative estimate of drug-likeness (QED) is 0.512. The second-order valence-electron chi connectivity index (χ2n) is 9.89. The maximum absolute atomic E-state index is 10.8. The molecule has 0 aromatic heterocycles. The minimum absolute atomic E-state index is 0.110. The Morgan fingerprint density at radius 2 is 1.35 bits per heavy atom. The number of hydrogen-bond acceptors (Lipinski definition) is 3. The lowest BCUT2D eigenvalue weighted by Gasteiger charge is -2.27. The predicted molar refractivity (Wildman–Crippen MR) is 112 cm³/mol. The summed E-state index contributed by atoms with van der Waals surface area (Å²) < 4.78 is 0. The molecule has 1 saturated carbocycles. The first kappa shape index (κ1) is 20.8. The van der Waals surface area contributed by atoms with Crippen molar-refractivity contribution in [2.24, 2.45) is 5.10 Å². The molecule has 26 heavy (non-hydrogen) atoms. The van der Waals surface area contributed by atoms with E-state index in [0.717, 1.165) is 16.7 Å². The molecule has 3 nitrogen and oxygen atoms in total. The minimum atomic E-state index is -0.110. The van der Waals surface area contributed by atoms with Crippen LogP contribution in [0.2, 0.25) is 0 Å². The van der Waals surface area contributed by atoms with E-state index in [1.165, 1.54) is 44.9 Å². The summed E-state index contributed by atoms with van der Waals surface area (Å²) >= 11 is 0. The van der Waals surface area contributed by atoms with Gasteiger partial charge in [-0.15, -0.1) is 0 Å². The molecule has 0 bridgehead atoms. The van der Waals surface area contributed by atoms with Crippen LogP contribution in [0.1, 0.15) is 103 Å². The number of rotatable bonds is 3. The largest absolute Gasteiger partial charge is 0.507 e. The van der Waals surface area contributed by atoms with Gasteiger partial charge in [-0.25, -0.2) is 0 Å². The molecule has 1 aromatic carbocycles. The minimum Gasteiger partial charge on any atom is -0.507 e. The fraction of sp³-hybridized carbons (Fsp3) is 0.696. The zero-order chi connectivity index (χ0) is 19.4. The van der Waals surface area contributed by atoms with Gasteiger partial charge in [0.2, 0.25) is 0 Å². The van der Waals surface area contributed by atoms with Crippen LogP contribution in [0.3, 0.4) is 0 Å². The Balaban J connectivity index is 2.22. The van der Waals surface area contributed by atoms with Crippen molar-refractivity contribution < 1.29 is 5.11 Å². The van der Waals surface area contributed by atoms with E-state index in [-0.39, 0.29) is 10.8 Å². The molecule has 1 aliphatic rings. The van der Waals surface area contributed by atoms with E-state index < -0.39 is 0 Å². The van der Waals surface area contributed by atoms with E-state index in [9.17, 15) is 5.11 Å². The van der Waals surface area contributed by atoms with Gasteiger partial charge in [0.15, 0.2) is 0 Å². The van der Waals surface area contributed by atoms with Gasteiger partial charge in [-0.05, 0) is 41.4 Å². The Morgan fingerprint density at radius 1 is 0.885 bits per heavy atom. The molecule has 0 spiro atoms. The topological polar surface area (TPSA) is 44.6 Å². The molecule has 0 heterocycles. The van der Waals surface area contributed by atoms with E-state index >= 15 is 0 Å². The van der Waals surface area contributed by atoms with Crippen LogP contribution in [-0.2, 0) is 10.8 Å². The monoisotopic (exact) mass is 358 g/mol. The van der Waals surface area contributed by atoms with Gasteiger partial charge in [-0.2, -0.15) is 5.10 Å². The van der Waals surface area contributed by atoms with E-state index in [4.69, 9.17) is 0 Å². The van der Waals surface area contributed by atoms with Gasteiger partial charge in [0.05, 0.1) is 6.21 Å². The molecule has 2 rings (SSSR count). The summed E-state index contributed by atoms with van der Waals surface area (Å²) in [6, 6.07) is 4.65. The number of hydrazone groups is 1. The van der Waals surface area contributed by atoms with E-state index in [0.29, 0.717) is 11.8 Å². The molecular formula is C23H38N2O. The molecule has 0 atom stereocenters. The smallest absolute Gasteiger partial charge is 0.123 e. The highest BCUT2D eigenvalue weighted by atomic mass is 16.3. The standard InChI is InChI=1S/C23H38N2O/c1-22(2,3)19-14-17(15-20(21(19)26)23(4,5)6)16-24-25-18-12-10-8-7-9-11-13-18/h14-16,18,25-26H,7-13H2,1-6H3/b24-16+. The summed E-state index contributed by atoms with van der Waals surface area (Å²) in [5.41, 5.74) is 6.17. The first-order valence-electron chi connectivity index (χ1n) is 10.3. The summed E-state index contributed by atoms with van der Waals surface area (Å²) in [6.45, 7) is 12.8. The van der Waals surface area contributed by atoms with Gasteiger partial charge in [-0.1, -0.05) is 73.6 Å². The second-order valence-corrected chi connectivity index (χ2v) is 9.89. The molecule has 0 amide bonds. The van der Waals surface area contributed by atoms with Crippen molar-refractivity contribution in [1.29, 1.82) is 0 Å². The maximum Gasteiger partial charge on any atom is 0.123 e. The number of phenolic OH excluding ortho intramolecular Hbond substituents is 1. The van der Waals surface area contributed by atoms with E-state index in [1.54, 1.807) is 0 Å². The third kappa shape index (κ3) is 5.75. The van der Waals surface area contributed by atoms with Crippen LogP contribution in [0.25, 0.3) is 0 Å². The Morgan fingerprint density at radius 3 is 1.81 bits per heavy atom. The summed E-state index contributed by atoms with van der Waals surface area (Å²) in [4.78, 5) is 0. The fourth-order valence-electron chi connectivity index (χ4n) is 3.68. The van der Waals surface area contributed by atoms with E-state index in [2.05, 4.69) is 64.2 Å². The molecule has 1 aromatic rings. The van der Waals surface area contributed by atoms with Crippen LogP contribution >= 0.6 is 0 Å². The lowest BCUT2D eigenvalue weighted by atomic mass is 9.78. The van der Waals surface area contributed by atoms with E-state index in [1.807, 2.05) is 6.21 Å². The molecule has 146 valence electrons. The van der Waals surface area contributed by atoms with Crippen LogP contribution in [0, 0.1) is 0 Å². The number of phenols is 1. The van der Waals surface area contributed by atoms with Gasteiger partial charge in [0.1, 0.15) is 5.75 Å². The molecule has 1 aliphatic carbocycles. The van der Waals surface area contributed by atoms with Crippen molar-refractivity contribution >= 4 is 6.21 Å². The average molecular weight is 359 g/mol. The second kappa shape index (κ2) is 8.45. The Kier molecular flexibility index (Phi) is 6.76. The number of benzene rings is 1. The zero-order valence-electron chi connectivity index (χ0n) is 17.7. The molecule has 0 unspecified atom stereocenters. The van der Waals surface area contributed by atoms with Gasteiger partial charge in [0.25, 0.3) is 0 Å². The molecule has 0 aliphatic heterocycles. The molecule has 3 heteroatoms. The van der Waals surface area contributed by atoms with Crippen molar-refractivity contribution in [2.45, 2.75) is 103 Å². The molecule has 1 fully saturated rings. The summed E-state index contributed by atoms with van der Waals surface area (Å²) in [5.74, 6) is 0.426. The highest BCUT2D eigenvalue weighted by Gasteiger charge is 2.26. The summed E-state index contributed by atoms with van der Waals surface area (Å²) in [5, 5.41) is 15.4. The summed E-state index contributed by atoms with van der Waals surface area (Å²) in [7, 11) is 0. The number of aromatic hydroxyl groups is 1. The number of nitrogens with zero attached hydrogens (tertiary/aromatic N) is 1. The molecule has 2 N–H and O–H groups in total. The normalized spacial score (nSPS) is 17.9. The lowest BCUT2D eigenvalue weighted by molar-refractivity contribution is 0.398. The van der Waals surface area contributed by atoms with Crippen LogP contribution in [0.4, 0.5) is 0 Å². The van der Waals surface area contributed by atoms with Crippen LogP contribution in [0.15, 0.2) is 17.2 Å². The van der Waals surface area contributed by atoms with Crippen molar-refractivity contribution in [2.75, 3.05) is 0 Å². The zero-order valence-corrected chi connectivity index (χ0v) is 17.7. The van der Waals surface area contributed by atoms with Crippen LogP contribution < -0.4 is 5.43 Å². The van der Waals surface area contributed by atoms with Gasteiger partial charge < -0.3 is 10.5 Å². The van der Waals surface area contributed by atoms with Crippen LogP contribution in [-0.4, -0.2) is 17.4 Å². The SMILES string of the molecule is CC(C)(C)c1cc(/C=N/NC2CCCCCCC2)cc(C(C)(C)C)c1O. The van der Waals surface area contributed by atoms with Crippen molar-refractivity contribution in [1.82, 2.24) is 5.43 Å². The third-order valence-corrected chi connectivity index (χ3v) is 5.32. The Hall–Kier alpha value is -1.51. The third-order valence-electron chi connectivity index (χ3n) is 5.32. The Bertz CT molecular complexity index is 577. The molecule has 0 radical (unpaired) electrons. The van der Waals surface area contributed by atoms with Crippen molar-refractivity contribution in [3.8, 4) is 5.75 Å². The number of nitrogens with one attached hydrogen (secondary N) is 1. The summed E-state index contributed by atoms with van der Waals surface area (Å²) in [6.07, 6.45) is 11.0. The predicted octanol–water partition coefficient (Wildman–Crippen LogP) is 6.02.